The number of nitrogens with zero attached hydrogens (tertiary/aromatic N) is 3. The molecule has 1 aliphatic heterocycles. The van der Waals surface area contributed by atoms with Crippen molar-refractivity contribution < 1.29 is 5.11 Å². The average molecular weight is 208 g/mol. The molecule has 2 rings (SSSR count). The minimum absolute atomic E-state index is 0.149. The van der Waals surface area contributed by atoms with E-state index >= 15 is 0 Å². The number of anilines is 1. The smallest absolute Gasteiger partial charge is 0.225 e. The van der Waals surface area contributed by atoms with E-state index in [1.165, 1.54) is 0 Å². The Morgan fingerprint density at radius 2 is 1.93 bits per heavy atom. The first kappa shape index (κ1) is 10.3. The van der Waals surface area contributed by atoms with Gasteiger partial charge in [0, 0.05) is 45.2 Å². The van der Waals surface area contributed by atoms with Crippen molar-refractivity contribution in [2.75, 3.05) is 37.7 Å². The van der Waals surface area contributed by atoms with Gasteiger partial charge in [-0.1, -0.05) is 0 Å². The lowest BCUT2D eigenvalue weighted by atomic mass is 10.2. The van der Waals surface area contributed by atoms with E-state index in [4.69, 9.17) is 5.11 Å². The van der Waals surface area contributed by atoms with Crippen LogP contribution in [0.5, 0.6) is 0 Å². The van der Waals surface area contributed by atoms with Gasteiger partial charge in [-0.25, -0.2) is 9.97 Å². The Labute approximate surface area is 89.2 Å². The van der Waals surface area contributed by atoms with Crippen LogP contribution >= 0.6 is 0 Å². The molecule has 1 aliphatic rings. The minimum Gasteiger partial charge on any atom is -0.396 e. The first-order valence-electron chi connectivity index (χ1n) is 5.27. The summed E-state index contributed by atoms with van der Waals surface area (Å²) in [6, 6.07) is 0. The third-order valence-electron chi connectivity index (χ3n) is 2.49. The molecule has 0 aromatic carbocycles. The highest BCUT2D eigenvalue weighted by Crippen LogP contribution is 2.07. The summed E-state index contributed by atoms with van der Waals surface area (Å²) in [5, 5.41) is 12.0. The summed E-state index contributed by atoms with van der Waals surface area (Å²) in [5.41, 5.74) is 0.983. The molecule has 1 saturated heterocycles. The maximum atomic E-state index is 8.76. The van der Waals surface area contributed by atoms with Crippen LogP contribution in [0.3, 0.4) is 0 Å². The fourth-order valence-electron chi connectivity index (χ4n) is 1.63. The molecule has 0 aliphatic carbocycles. The predicted octanol–water partition coefficient (Wildman–Crippen LogP) is -0.579. The van der Waals surface area contributed by atoms with Crippen molar-refractivity contribution >= 4 is 5.95 Å². The molecule has 0 radical (unpaired) electrons. The molecule has 82 valence electrons. The Morgan fingerprint density at radius 1 is 1.27 bits per heavy atom. The summed E-state index contributed by atoms with van der Waals surface area (Å²) in [6.45, 7) is 4.04. The van der Waals surface area contributed by atoms with Crippen molar-refractivity contribution in [1.82, 2.24) is 15.3 Å². The zero-order chi connectivity index (χ0) is 10.5. The molecule has 1 fully saturated rings. The molecule has 0 unspecified atom stereocenters. The summed E-state index contributed by atoms with van der Waals surface area (Å²) < 4.78 is 0. The quantitative estimate of drug-likeness (QED) is 0.696. The van der Waals surface area contributed by atoms with Gasteiger partial charge in [0.25, 0.3) is 0 Å². The van der Waals surface area contributed by atoms with Crippen LogP contribution < -0.4 is 10.2 Å². The maximum absolute atomic E-state index is 8.76. The average Bonchev–Trinajstić information content (AvgIpc) is 2.32. The summed E-state index contributed by atoms with van der Waals surface area (Å²) >= 11 is 0. The molecule has 1 aromatic heterocycles. The minimum atomic E-state index is 0.149. The normalized spacial score (nSPS) is 16.7. The molecule has 0 bridgehead atoms. The number of hydrogen-bond donors (Lipinski definition) is 2. The standard InChI is InChI=1S/C10H16N4O/c15-6-1-9-7-12-10(13-8-9)14-4-2-11-3-5-14/h7-8,11,15H,1-6H2. The van der Waals surface area contributed by atoms with Gasteiger partial charge < -0.3 is 15.3 Å². The van der Waals surface area contributed by atoms with E-state index in [0.717, 1.165) is 37.7 Å². The van der Waals surface area contributed by atoms with Crippen molar-refractivity contribution in [2.24, 2.45) is 0 Å². The summed E-state index contributed by atoms with van der Waals surface area (Å²) in [4.78, 5) is 10.8. The van der Waals surface area contributed by atoms with Crippen molar-refractivity contribution in [3.8, 4) is 0 Å². The first-order chi connectivity index (χ1) is 7.40. The second-order valence-electron chi connectivity index (χ2n) is 3.60. The van der Waals surface area contributed by atoms with Gasteiger partial charge >= 0.3 is 0 Å². The molecule has 5 heteroatoms. The van der Waals surface area contributed by atoms with Crippen molar-refractivity contribution in [1.29, 1.82) is 0 Å². The number of aromatic nitrogens is 2. The van der Waals surface area contributed by atoms with E-state index in [1.807, 2.05) is 0 Å². The molecule has 5 nitrogen and oxygen atoms in total. The molecule has 0 spiro atoms. The molecule has 2 N–H and O–H groups in total. The van der Waals surface area contributed by atoms with E-state index in [0.29, 0.717) is 6.42 Å². The van der Waals surface area contributed by atoms with Crippen LogP contribution in [0, 0.1) is 0 Å². The van der Waals surface area contributed by atoms with Crippen LogP contribution in [-0.2, 0) is 6.42 Å². The summed E-state index contributed by atoms with van der Waals surface area (Å²) in [6.07, 6.45) is 4.21. The van der Waals surface area contributed by atoms with E-state index < -0.39 is 0 Å². The van der Waals surface area contributed by atoms with Gasteiger partial charge in [0.2, 0.25) is 5.95 Å². The van der Waals surface area contributed by atoms with Crippen LogP contribution in [-0.4, -0.2) is 47.9 Å². The molecule has 2 heterocycles. The first-order valence-corrected chi connectivity index (χ1v) is 5.27. The lowest BCUT2D eigenvalue weighted by molar-refractivity contribution is 0.299. The number of piperazine rings is 1. The van der Waals surface area contributed by atoms with E-state index in [2.05, 4.69) is 20.2 Å². The Balaban J connectivity index is 2.02. The highest BCUT2D eigenvalue weighted by molar-refractivity contribution is 5.30. The molecular formula is C10H16N4O. The van der Waals surface area contributed by atoms with Crippen LogP contribution in [0.2, 0.25) is 0 Å². The highest BCUT2D eigenvalue weighted by atomic mass is 16.2. The predicted molar refractivity (Wildman–Crippen MR) is 57.9 cm³/mol. The third kappa shape index (κ3) is 2.64. The van der Waals surface area contributed by atoms with Crippen LogP contribution in [0.4, 0.5) is 5.95 Å². The molecule has 0 saturated carbocycles. The third-order valence-corrected chi connectivity index (χ3v) is 2.49. The van der Waals surface area contributed by atoms with Gasteiger partial charge in [-0.2, -0.15) is 0 Å². The molecule has 1 aromatic rings. The molecule has 0 amide bonds. The fraction of sp³-hybridized carbons (Fsp3) is 0.600. The Kier molecular flexibility index (Phi) is 3.47. The lowest BCUT2D eigenvalue weighted by Gasteiger charge is -2.27. The number of nitrogens with one attached hydrogen (secondary N) is 1. The Bertz CT molecular complexity index is 295. The number of aliphatic hydroxyl groups excluding tert-OH is 1. The SMILES string of the molecule is OCCc1cnc(N2CCNCC2)nc1. The number of aliphatic hydroxyl groups is 1. The maximum Gasteiger partial charge on any atom is 0.225 e. The van der Waals surface area contributed by atoms with E-state index in [9.17, 15) is 0 Å². The fourth-order valence-corrected chi connectivity index (χ4v) is 1.63. The number of hydrogen-bond acceptors (Lipinski definition) is 5. The van der Waals surface area contributed by atoms with Crippen LogP contribution in [0.1, 0.15) is 5.56 Å². The van der Waals surface area contributed by atoms with Crippen LogP contribution in [0.15, 0.2) is 12.4 Å². The van der Waals surface area contributed by atoms with Gasteiger partial charge in [-0.3, -0.25) is 0 Å². The summed E-state index contributed by atoms with van der Waals surface area (Å²) in [7, 11) is 0. The highest BCUT2D eigenvalue weighted by Gasteiger charge is 2.12. The van der Waals surface area contributed by atoms with E-state index in [-0.39, 0.29) is 6.61 Å². The van der Waals surface area contributed by atoms with Crippen LogP contribution in [0.25, 0.3) is 0 Å². The van der Waals surface area contributed by atoms with Gasteiger partial charge in [0.15, 0.2) is 0 Å². The zero-order valence-electron chi connectivity index (χ0n) is 8.69. The largest absolute Gasteiger partial charge is 0.396 e. The summed E-state index contributed by atoms with van der Waals surface area (Å²) in [5.74, 6) is 0.790. The molecule has 15 heavy (non-hydrogen) atoms. The van der Waals surface area contributed by atoms with E-state index in [1.54, 1.807) is 12.4 Å². The number of rotatable bonds is 3. The molecular weight excluding hydrogens is 192 g/mol. The van der Waals surface area contributed by atoms with Gasteiger partial charge in [0.05, 0.1) is 0 Å². The van der Waals surface area contributed by atoms with Crippen molar-refractivity contribution in [3.63, 3.8) is 0 Å². The monoisotopic (exact) mass is 208 g/mol. The van der Waals surface area contributed by atoms with Crippen molar-refractivity contribution in [2.45, 2.75) is 6.42 Å². The van der Waals surface area contributed by atoms with Gasteiger partial charge in [-0.05, 0) is 12.0 Å². The van der Waals surface area contributed by atoms with Crippen molar-refractivity contribution in [3.05, 3.63) is 18.0 Å². The molecule has 0 atom stereocenters. The Hall–Kier alpha value is -1.20. The zero-order valence-corrected chi connectivity index (χ0v) is 8.69. The van der Waals surface area contributed by atoms with Gasteiger partial charge in [0.1, 0.15) is 0 Å². The second kappa shape index (κ2) is 5.04. The Morgan fingerprint density at radius 3 is 2.53 bits per heavy atom. The van der Waals surface area contributed by atoms with Gasteiger partial charge in [-0.15, -0.1) is 0 Å². The lowest BCUT2D eigenvalue weighted by Crippen LogP contribution is -2.44. The second-order valence-corrected chi connectivity index (χ2v) is 3.60. The topological polar surface area (TPSA) is 61.3 Å².